The minimum absolute atomic E-state index is 0.0244. The number of rotatable bonds is 5. The van der Waals surface area contributed by atoms with Crippen molar-refractivity contribution >= 4 is 17.6 Å². The Morgan fingerprint density at radius 1 is 1.17 bits per heavy atom. The molecule has 120 valence electrons. The summed E-state index contributed by atoms with van der Waals surface area (Å²) in [5, 5.41) is 11.4. The molecule has 0 aliphatic rings. The Morgan fingerprint density at radius 3 is 2.57 bits per heavy atom. The number of anilines is 1. The molecule has 0 atom stereocenters. The molecule has 2 N–H and O–H groups in total. The maximum Gasteiger partial charge on any atom is 0.335 e. The zero-order chi connectivity index (χ0) is 17.0. The summed E-state index contributed by atoms with van der Waals surface area (Å²) in [4.78, 5) is 22.7. The average molecular weight is 321 g/mol. The summed E-state index contributed by atoms with van der Waals surface area (Å²) in [5.41, 5.74) is 1.01. The van der Waals surface area contributed by atoms with Gasteiger partial charge in [0, 0.05) is 11.8 Å². The van der Waals surface area contributed by atoms with Gasteiger partial charge in [0.15, 0.2) is 18.2 Å². The van der Waals surface area contributed by atoms with Gasteiger partial charge in [-0.05, 0) is 36.8 Å². The molecule has 0 unspecified atom stereocenters. The number of benzene rings is 2. The van der Waals surface area contributed by atoms with E-state index in [2.05, 4.69) is 5.32 Å². The van der Waals surface area contributed by atoms with Crippen LogP contribution in [0.15, 0.2) is 36.4 Å². The summed E-state index contributed by atoms with van der Waals surface area (Å²) in [6.07, 6.45) is 0. The number of carbonyl (C=O) groups is 2. The Hall–Kier alpha value is -2.96. The highest BCUT2D eigenvalue weighted by atomic mass is 19.1. The summed E-state index contributed by atoms with van der Waals surface area (Å²) in [5.74, 6) is -3.63. The van der Waals surface area contributed by atoms with E-state index in [1.54, 1.807) is 13.0 Å². The smallest absolute Gasteiger partial charge is 0.335 e. The summed E-state index contributed by atoms with van der Waals surface area (Å²) in [6.45, 7) is 1.20. The average Bonchev–Trinajstić information content (AvgIpc) is 2.48. The lowest BCUT2D eigenvalue weighted by atomic mass is 10.1. The third-order valence-electron chi connectivity index (χ3n) is 3.01. The first-order valence-electron chi connectivity index (χ1n) is 6.58. The van der Waals surface area contributed by atoms with Crippen molar-refractivity contribution in [2.45, 2.75) is 6.92 Å². The molecule has 0 aromatic heterocycles. The van der Waals surface area contributed by atoms with Crippen LogP contribution in [-0.4, -0.2) is 23.6 Å². The van der Waals surface area contributed by atoms with Gasteiger partial charge in [0.05, 0.1) is 5.56 Å². The largest absolute Gasteiger partial charge is 0.481 e. The van der Waals surface area contributed by atoms with Crippen LogP contribution < -0.4 is 10.1 Å². The van der Waals surface area contributed by atoms with Gasteiger partial charge in [0.1, 0.15) is 5.82 Å². The fraction of sp³-hybridized carbons (Fsp3) is 0.125. The number of hydrogen-bond acceptors (Lipinski definition) is 3. The SMILES string of the molecule is Cc1ccc(C(=O)O)cc1NC(=O)COc1ccc(F)cc1F. The van der Waals surface area contributed by atoms with Crippen molar-refractivity contribution in [1.29, 1.82) is 0 Å². The predicted octanol–water partition coefficient (Wildman–Crippen LogP) is 2.99. The number of carboxylic acid groups (broad SMARTS) is 1. The Morgan fingerprint density at radius 2 is 1.91 bits per heavy atom. The van der Waals surface area contributed by atoms with Gasteiger partial charge in [-0.1, -0.05) is 6.07 Å². The molecule has 0 aliphatic carbocycles. The van der Waals surface area contributed by atoms with Gasteiger partial charge in [0.2, 0.25) is 0 Å². The Kier molecular flexibility index (Phi) is 4.90. The molecule has 2 aromatic carbocycles. The van der Waals surface area contributed by atoms with Crippen molar-refractivity contribution in [1.82, 2.24) is 0 Å². The minimum Gasteiger partial charge on any atom is -0.481 e. The topological polar surface area (TPSA) is 75.6 Å². The molecule has 0 aliphatic heterocycles. The number of ether oxygens (including phenoxy) is 1. The highest BCUT2D eigenvalue weighted by molar-refractivity contribution is 5.95. The lowest BCUT2D eigenvalue weighted by Crippen LogP contribution is -2.21. The summed E-state index contributed by atoms with van der Waals surface area (Å²) in [7, 11) is 0. The summed E-state index contributed by atoms with van der Waals surface area (Å²) < 4.78 is 31.1. The van der Waals surface area contributed by atoms with Gasteiger partial charge < -0.3 is 15.2 Å². The van der Waals surface area contributed by atoms with Crippen LogP contribution in [0.5, 0.6) is 5.75 Å². The molecule has 2 aromatic rings. The van der Waals surface area contributed by atoms with Crippen LogP contribution >= 0.6 is 0 Å². The molecule has 0 bridgehead atoms. The van der Waals surface area contributed by atoms with E-state index in [1.165, 1.54) is 12.1 Å². The van der Waals surface area contributed by atoms with Crippen LogP contribution in [0.25, 0.3) is 0 Å². The fourth-order valence-electron chi connectivity index (χ4n) is 1.81. The molecular formula is C16H13F2NO4. The number of hydrogen-bond donors (Lipinski definition) is 2. The van der Waals surface area contributed by atoms with E-state index in [0.29, 0.717) is 17.3 Å². The summed E-state index contributed by atoms with van der Waals surface area (Å²) >= 11 is 0. The molecular weight excluding hydrogens is 308 g/mol. The number of aromatic carboxylic acids is 1. The van der Waals surface area contributed by atoms with Gasteiger partial charge in [0.25, 0.3) is 5.91 Å². The lowest BCUT2D eigenvalue weighted by Gasteiger charge is -2.10. The van der Waals surface area contributed by atoms with E-state index in [0.717, 1.165) is 12.1 Å². The third kappa shape index (κ3) is 4.26. The first-order valence-corrected chi connectivity index (χ1v) is 6.58. The van der Waals surface area contributed by atoms with Crippen LogP contribution in [0, 0.1) is 18.6 Å². The molecule has 1 amide bonds. The molecule has 2 rings (SSSR count). The maximum atomic E-state index is 13.4. The van der Waals surface area contributed by atoms with Gasteiger partial charge in [-0.15, -0.1) is 0 Å². The van der Waals surface area contributed by atoms with E-state index in [4.69, 9.17) is 9.84 Å². The van der Waals surface area contributed by atoms with Crippen LogP contribution in [0.4, 0.5) is 14.5 Å². The van der Waals surface area contributed by atoms with Crippen molar-refractivity contribution in [3.8, 4) is 5.75 Å². The van der Waals surface area contributed by atoms with E-state index >= 15 is 0 Å². The second-order valence-electron chi connectivity index (χ2n) is 4.75. The Labute approximate surface area is 130 Å². The van der Waals surface area contributed by atoms with Gasteiger partial charge in [-0.2, -0.15) is 0 Å². The van der Waals surface area contributed by atoms with Crippen LogP contribution in [0.2, 0.25) is 0 Å². The number of amides is 1. The van der Waals surface area contributed by atoms with Crippen molar-refractivity contribution in [3.63, 3.8) is 0 Å². The van der Waals surface area contributed by atoms with E-state index in [-0.39, 0.29) is 11.3 Å². The molecule has 0 spiro atoms. The number of halogens is 2. The Balaban J connectivity index is 2.02. The zero-order valence-corrected chi connectivity index (χ0v) is 12.1. The molecule has 0 heterocycles. The van der Waals surface area contributed by atoms with Gasteiger partial charge >= 0.3 is 5.97 Å². The molecule has 0 radical (unpaired) electrons. The predicted molar refractivity (Wildman–Crippen MR) is 78.6 cm³/mol. The van der Waals surface area contributed by atoms with Crippen LogP contribution in [0.1, 0.15) is 15.9 Å². The molecule has 0 saturated heterocycles. The number of aryl methyl sites for hydroxylation is 1. The lowest BCUT2D eigenvalue weighted by molar-refractivity contribution is -0.118. The second-order valence-corrected chi connectivity index (χ2v) is 4.75. The van der Waals surface area contributed by atoms with Gasteiger partial charge in [-0.25, -0.2) is 13.6 Å². The number of carbonyl (C=O) groups excluding carboxylic acids is 1. The fourth-order valence-corrected chi connectivity index (χ4v) is 1.81. The van der Waals surface area contributed by atoms with E-state index in [1.807, 2.05) is 0 Å². The third-order valence-corrected chi connectivity index (χ3v) is 3.01. The monoisotopic (exact) mass is 321 g/mol. The first-order chi connectivity index (χ1) is 10.9. The molecule has 5 nitrogen and oxygen atoms in total. The van der Waals surface area contributed by atoms with Crippen molar-refractivity contribution in [3.05, 3.63) is 59.2 Å². The van der Waals surface area contributed by atoms with Gasteiger partial charge in [-0.3, -0.25) is 4.79 Å². The highest BCUT2D eigenvalue weighted by Crippen LogP contribution is 2.19. The normalized spacial score (nSPS) is 10.2. The minimum atomic E-state index is -1.12. The molecule has 0 saturated carbocycles. The number of nitrogens with one attached hydrogen (secondary N) is 1. The van der Waals surface area contributed by atoms with E-state index < -0.39 is 30.1 Å². The molecule has 0 fully saturated rings. The highest BCUT2D eigenvalue weighted by Gasteiger charge is 2.11. The zero-order valence-electron chi connectivity index (χ0n) is 12.1. The summed E-state index contributed by atoms with van der Waals surface area (Å²) in [6, 6.07) is 7.02. The second kappa shape index (κ2) is 6.87. The molecule has 23 heavy (non-hydrogen) atoms. The Bertz CT molecular complexity index is 762. The first kappa shape index (κ1) is 16.4. The molecule has 7 heteroatoms. The van der Waals surface area contributed by atoms with E-state index in [9.17, 15) is 18.4 Å². The van der Waals surface area contributed by atoms with Crippen LogP contribution in [0.3, 0.4) is 0 Å². The number of carboxylic acids is 1. The van der Waals surface area contributed by atoms with Crippen LogP contribution in [-0.2, 0) is 4.79 Å². The van der Waals surface area contributed by atoms with Crippen molar-refractivity contribution < 1.29 is 28.2 Å². The quantitative estimate of drug-likeness (QED) is 0.888. The van der Waals surface area contributed by atoms with Crippen molar-refractivity contribution in [2.75, 3.05) is 11.9 Å². The van der Waals surface area contributed by atoms with Crippen molar-refractivity contribution in [2.24, 2.45) is 0 Å². The standard InChI is InChI=1S/C16H13F2NO4/c1-9-2-3-10(16(21)22)6-13(9)19-15(20)8-23-14-5-4-11(17)7-12(14)18/h2-7H,8H2,1H3,(H,19,20)(H,21,22). The maximum absolute atomic E-state index is 13.4.